The minimum Gasteiger partial charge on any atom is -0.469 e. The van der Waals surface area contributed by atoms with Gasteiger partial charge in [-0.3, -0.25) is 4.79 Å². The largest absolute Gasteiger partial charge is 0.469 e. The second-order valence-electron chi connectivity index (χ2n) is 3.89. The summed E-state index contributed by atoms with van der Waals surface area (Å²) in [5.74, 6) is -1.50. The molecule has 7 heteroatoms. The first-order valence-electron chi connectivity index (χ1n) is 5.51. The Morgan fingerprint density at radius 3 is 2.74 bits per heavy atom. The van der Waals surface area contributed by atoms with Crippen LogP contribution in [0.5, 0.6) is 0 Å². The lowest BCUT2D eigenvalue weighted by Crippen LogP contribution is -2.35. The second kappa shape index (κ2) is 6.94. The number of hydrogen-bond acceptors (Lipinski definition) is 3. The summed E-state index contributed by atoms with van der Waals surface area (Å²) in [5.41, 5.74) is 0.269. The van der Waals surface area contributed by atoms with E-state index in [1.54, 1.807) is 6.92 Å². The summed E-state index contributed by atoms with van der Waals surface area (Å²) < 4.78 is 17.6. The molecule has 0 saturated carbocycles. The number of urea groups is 1. The second-order valence-corrected chi connectivity index (χ2v) is 4.30. The van der Waals surface area contributed by atoms with Crippen molar-refractivity contribution < 1.29 is 18.7 Å². The molecule has 0 aromatic heterocycles. The van der Waals surface area contributed by atoms with E-state index in [2.05, 4.69) is 15.4 Å². The molecule has 0 radical (unpaired) electrons. The summed E-state index contributed by atoms with van der Waals surface area (Å²) >= 11 is 5.52. The molecule has 1 atom stereocenters. The maximum Gasteiger partial charge on any atom is 0.319 e. The van der Waals surface area contributed by atoms with Gasteiger partial charge in [0, 0.05) is 12.2 Å². The number of anilines is 1. The molecule has 0 aliphatic rings. The molecule has 1 aromatic rings. The van der Waals surface area contributed by atoms with Crippen LogP contribution in [-0.4, -0.2) is 25.7 Å². The molecule has 19 heavy (non-hydrogen) atoms. The molecule has 0 unspecified atom stereocenters. The Morgan fingerprint density at radius 1 is 1.47 bits per heavy atom. The van der Waals surface area contributed by atoms with Crippen LogP contribution in [0.2, 0.25) is 5.02 Å². The Hall–Kier alpha value is -1.82. The Kier molecular flexibility index (Phi) is 5.57. The number of ether oxygens (including phenoxy) is 1. The molecule has 0 spiro atoms. The highest BCUT2D eigenvalue weighted by molar-refractivity contribution is 6.30. The molecule has 0 heterocycles. The maximum atomic E-state index is 13.1. The zero-order valence-electron chi connectivity index (χ0n) is 10.5. The lowest BCUT2D eigenvalue weighted by atomic mass is 10.2. The number of carbonyl (C=O) groups is 2. The van der Waals surface area contributed by atoms with Crippen LogP contribution >= 0.6 is 11.6 Å². The highest BCUT2D eigenvalue weighted by Crippen LogP contribution is 2.18. The van der Waals surface area contributed by atoms with Crippen molar-refractivity contribution in [1.29, 1.82) is 0 Å². The average Bonchev–Trinajstić information content (AvgIpc) is 2.39. The van der Waals surface area contributed by atoms with Crippen molar-refractivity contribution in [2.45, 2.75) is 6.92 Å². The topological polar surface area (TPSA) is 67.4 Å². The Labute approximate surface area is 115 Å². The molecule has 2 N–H and O–H groups in total. The first-order chi connectivity index (χ1) is 8.93. The Bertz CT molecular complexity index is 482. The van der Waals surface area contributed by atoms with Crippen molar-refractivity contribution in [3.63, 3.8) is 0 Å². The zero-order valence-corrected chi connectivity index (χ0v) is 11.3. The standard InChI is InChI=1S/C12H14ClFN2O3/c1-7(11(17)19-2)6-15-12(18)16-8-3-4-9(13)10(14)5-8/h3-5,7H,6H2,1-2H3,(H2,15,16,18)/t7-/m1/s1. The van der Waals surface area contributed by atoms with Crippen LogP contribution in [0.15, 0.2) is 18.2 Å². The average molecular weight is 289 g/mol. The van der Waals surface area contributed by atoms with E-state index in [4.69, 9.17) is 11.6 Å². The van der Waals surface area contributed by atoms with Gasteiger partial charge in [-0.2, -0.15) is 0 Å². The van der Waals surface area contributed by atoms with Crippen molar-refractivity contribution in [1.82, 2.24) is 5.32 Å². The lowest BCUT2D eigenvalue weighted by molar-refractivity contribution is -0.144. The quantitative estimate of drug-likeness (QED) is 0.836. The molecule has 5 nitrogen and oxygen atoms in total. The van der Waals surface area contributed by atoms with E-state index < -0.39 is 23.7 Å². The van der Waals surface area contributed by atoms with Gasteiger partial charge in [-0.1, -0.05) is 18.5 Å². The van der Waals surface area contributed by atoms with E-state index in [-0.39, 0.29) is 17.3 Å². The van der Waals surface area contributed by atoms with Crippen molar-refractivity contribution in [2.24, 2.45) is 5.92 Å². The molecule has 1 rings (SSSR count). The van der Waals surface area contributed by atoms with Gasteiger partial charge >= 0.3 is 12.0 Å². The number of esters is 1. The molecular weight excluding hydrogens is 275 g/mol. The van der Waals surface area contributed by atoms with Crippen LogP contribution in [0.3, 0.4) is 0 Å². The van der Waals surface area contributed by atoms with Crippen LogP contribution in [-0.2, 0) is 9.53 Å². The fraction of sp³-hybridized carbons (Fsp3) is 0.333. The minimum atomic E-state index is -0.623. The number of rotatable bonds is 4. The number of halogens is 2. The fourth-order valence-electron chi connectivity index (χ4n) is 1.28. The lowest BCUT2D eigenvalue weighted by Gasteiger charge is -2.11. The smallest absolute Gasteiger partial charge is 0.319 e. The molecule has 1 aromatic carbocycles. The van der Waals surface area contributed by atoms with E-state index in [1.807, 2.05) is 0 Å². The highest BCUT2D eigenvalue weighted by atomic mass is 35.5. The van der Waals surface area contributed by atoms with Crippen LogP contribution in [0.4, 0.5) is 14.9 Å². The monoisotopic (exact) mass is 288 g/mol. The predicted molar refractivity (Wildman–Crippen MR) is 69.6 cm³/mol. The van der Waals surface area contributed by atoms with E-state index in [0.29, 0.717) is 0 Å². The van der Waals surface area contributed by atoms with Crippen LogP contribution in [0, 0.1) is 11.7 Å². The van der Waals surface area contributed by atoms with Crippen molar-refractivity contribution in [3.8, 4) is 0 Å². The number of nitrogens with one attached hydrogen (secondary N) is 2. The molecular formula is C12H14ClFN2O3. The summed E-state index contributed by atoms with van der Waals surface area (Å²) in [7, 11) is 1.27. The highest BCUT2D eigenvalue weighted by Gasteiger charge is 2.14. The van der Waals surface area contributed by atoms with Crippen LogP contribution in [0.25, 0.3) is 0 Å². The maximum absolute atomic E-state index is 13.1. The predicted octanol–water partition coefficient (Wildman–Crippen LogP) is 2.41. The zero-order chi connectivity index (χ0) is 14.4. The summed E-state index contributed by atoms with van der Waals surface area (Å²) in [6, 6.07) is 3.36. The van der Waals surface area contributed by atoms with Crippen LogP contribution < -0.4 is 10.6 Å². The number of benzene rings is 1. The number of carbonyl (C=O) groups excluding carboxylic acids is 2. The molecule has 0 bridgehead atoms. The molecule has 0 aliphatic carbocycles. The molecule has 0 saturated heterocycles. The van der Waals surface area contributed by atoms with Gasteiger partial charge in [0.2, 0.25) is 0 Å². The van der Waals surface area contributed by atoms with Gasteiger partial charge < -0.3 is 15.4 Å². The van der Waals surface area contributed by atoms with Crippen LogP contribution in [0.1, 0.15) is 6.92 Å². The van der Waals surface area contributed by atoms with E-state index in [1.165, 1.54) is 19.2 Å². The molecule has 0 aliphatic heterocycles. The fourth-order valence-corrected chi connectivity index (χ4v) is 1.40. The van der Waals surface area contributed by atoms with Crippen molar-refractivity contribution >= 4 is 29.3 Å². The molecule has 104 valence electrons. The van der Waals surface area contributed by atoms with E-state index in [0.717, 1.165) is 6.07 Å². The summed E-state index contributed by atoms with van der Waals surface area (Å²) in [6.45, 7) is 1.74. The first-order valence-corrected chi connectivity index (χ1v) is 5.89. The van der Waals surface area contributed by atoms with Gasteiger partial charge in [-0.25, -0.2) is 9.18 Å². The number of methoxy groups -OCH3 is 1. The van der Waals surface area contributed by atoms with Gasteiger partial charge in [0.25, 0.3) is 0 Å². The third kappa shape index (κ3) is 4.75. The summed E-state index contributed by atoms with van der Waals surface area (Å²) in [4.78, 5) is 22.6. The van der Waals surface area contributed by atoms with Gasteiger partial charge in [-0.05, 0) is 18.2 Å². The molecule has 2 amide bonds. The molecule has 0 fully saturated rings. The number of hydrogen-bond donors (Lipinski definition) is 2. The van der Waals surface area contributed by atoms with Gasteiger partial charge in [0.15, 0.2) is 0 Å². The third-order valence-electron chi connectivity index (χ3n) is 2.35. The summed E-state index contributed by atoms with van der Waals surface area (Å²) in [5, 5.41) is 4.87. The SMILES string of the molecule is COC(=O)[C@H](C)CNC(=O)Nc1ccc(Cl)c(F)c1. The third-order valence-corrected chi connectivity index (χ3v) is 2.66. The number of amides is 2. The Balaban J connectivity index is 2.47. The van der Waals surface area contributed by atoms with Crippen molar-refractivity contribution in [3.05, 3.63) is 29.0 Å². The first kappa shape index (κ1) is 15.2. The normalized spacial score (nSPS) is 11.6. The van der Waals surface area contributed by atoms with E-state index >= 15 is 0 Å². The minimum absolute atomic E-state index is 0.0229. The van der Waals surface area contributed by atoms with Crippen molar-refractivity contribution in [2.75, 3.05) is 19.0 Å². The van der Waals surface area contributed by atoms with Gasteiger partial charge in [0.1, 0.15) is 5.82 Å². The Morgan fingerprint density at radius 2 is 2.16 bits per heavy atom. The van der Waals surface area contributed by atoms with Gasteiger partial charge in [-0.15, -0.1) is 0 Å². The van der Waals surface area contributed by atoms with E-state index in [9.17, 15) is 14.0 Å². The summed E-state index contributed by atoms with van der Waals surface area (Å²) in [6.07, 6.45) is 0. The van der Waals surface area contributed by atoms with Gasteiger partial charge in [0.05, 0.1) is 18.1 Å².